The van der Waals surface area contributed by atoms with E-state index in [2.05, 4.69) is 9.97 Å². The van der Waals surface area contributed by atoms with Crippen molar-refractivity contribution in [3.8, 4) is 5.88 Å². The third-order valence-electron chi connectivity index (χ3n) is 2.74. The lowest BCUT2D eigenvalue weighted by molar-refractivity contribution is -0.117. The van der Waals surface area contributed by atoms with Crippen molar-refractivity contribution >= 4 is 21.9 Å². The first-order valence-corrected chi connectivity index (χ1v) is 7.28. The molecule has 1 amide bonds. The van der Waals surface area contributed by atoms with E-state index in [0.29, 0.717) is 5.88 Å². The maximum atomic E-state index is 11.8. The quantitative estimate of drug-likeness (QED) is 0.769. The maximum absolute atomic E-state index is 11.8. The Balaban J connectivity index is 2.15. The fourth-order valence-electron chi connectivity index (χ4n) is 1.99. The number of aromatic nitrogens is 2. The molecule has 9 heteroatoms. The largest absolute Gasteiger partial charge is 0.481 e. The average Bonchev–Trinajstić information content (AvgIpc) is 2.68. The molecule has 104 valence electrons. The Bertz CT molecular complexity index is 589. The van der Waals surface area contributed by atoms with Crippen LogP contribution < -0.4 is 14.8 Å². The predicted molar refractivity (Wildman–Crippen MR) is 67.0 cm³/mol. The SMILES string of the molecule is COc1ccnc(N2CC(CS(N)(=O)=O)CC2=O)n1. The van der Waals surface area contributed by atoms with Gasteiger partial charge in [-0.3, -0.25) is 9.69 Å². The number of hydrogen-bond donors (Lipinski definition) is 1. The van der Waals surface area contributed by atoms with Crippen molar-refractivity contribution in [1.82, 2.24) is 9.97 Å². The van der Waals surface area contributed by atoms with Gasteiger partial charge in [-0.05, 0) is 0 Å². The minimum Gasteiger partial charge on any atom is -0.481 e. The summed E-state index contributed by atoms with van der Waals surface area (Å²) >= 11 is 0. The van der Waals surface area contributed by atoms with Crippen LogP contribution in [0.3, 0.4) is 0 Å². The van der Waals surface area contributed by atoms with Gasteiger partial charge < -0.3 is 4.74 Å². The van der Waals surface area contributed by atoms with Crippen LogP contribution in [0.2, 0.25) is 0 Å². The predicted octanol–water partition coefficient (Wildman–Crippen LogP) is -0.873. The Labute approximate surface area is 110 Å². The molecule has 0 bridgehead atoms. The van der Waals surface area contributed by atoms with E-state index >= 15 is 0 Å². The van der Waals surface area contributed by atoms with Crippen LogP contribution in [0.4, 0.5) is 5.95 Å². The summed E-state index contributed by atoms with van der Waals surface area (Å²) in [5, 5.41) is 4.98. The van der Waals surface area contributed by atoms with Gasteiger partial charge in [0.15, 0.2) is 0 Å². The second-order valence-electron chi connectivity index (χ2n) is 4.30. The standard InChI is InChI=1S/C10H14N4O4S/c1-18-8-2-3-12-10(13-8)14-5-7(4-9(14)15)6-19(11,16)17/h2-3,7H,4-6H2,1H3,(H2,11,16,17). The molecule has 1 aliphatic rings. The fourth-order valence-corrected chi connectivity index (χ4v) is 2.87. The van der Waals surface area contributed by atoms with Gasteiger partial charge >= 0.3 is 0 Å². The molecule has 19 heavy (non-hydrogen) atoms. The summed E-state index contributed by atoms with van der Waals surface area (Å²) in [5.74, 6) is -0.229. The molecule has 1 fully saturated rings. The number of hydrogen-bond acceptors (Lipinski definition) is 6. The van der Waals surface area contributed by atoms with Crippen molar-refractivity contribution in [2.75, 3.05) is 24.3 Å². The van der Waals surface area contributed by atoms with Gasteiger partial charge in [-0.1, -0.05) is 0 Å². The average molecular weight is 286 g/mol. The lowest BCUT2D eigenvalue weighted by Gasteiger charge is -2.14. The summed E-state index contributed by atoms with van der Waals surface area (Å²) in [6.07, 6.45) is 1.60. The summed E-state index contributed by atoms with van der Waals surface area (Å²) in [6.45, 7) is 0.239. The minimum atomic E-state index is -3.59. The van der Waals surface area contributed by atoms with Crippen molar-refractivity contribution in [3.63, 3.8) is 0 Å². The molecular weight excluding hydrogens is 272 g/mol. The van der Waals surface area contributed by atoms with E-state index < -0.39 is 10.0 Å². The smallest absolute Gasteiger partial charge is 0.235 e. The lowest BCUT2D eigenvalue weighted by Crippen LogP contribution is -2.28. The number of sulfonamides is 1. The summed E-state index contributed by atoms with van der Waals surface area (Å²) in [4.78, 5) is 21.2. The van der Waals surface area contributed by atoms with Gasteiger partial charge in [-0.15, -0.1) is 0 Å². The monoisotopic (exact) mass is 286 g/mol. The molecule has 8 nitrogen and oxygen atoms in total. The van der Waals surface area contributed by atoms with Crippen molar-refractivity contribution in [3.05, 3.63) is 12.3 Å². The Kier molecular flexibility index (Phi) is 3.67. The second-order valence-corrected chi connectivity index (χ2v) is 5.96. The first kappa shape index (κ1) is 13.7. The number of carbonyl (C=O) groups excluding carboxylic acids is 1. The van der Waals surface area contributed by atoms with Crippen molar-refractivity contribution in [1.29, 1.82) is 0 Å². The number of nitrogens with two attached hydrogens (primary N) is 1. The number of ether oxygens (including phenoxy) is 1. The van der Waals surface area contributed by atoms with Crippen LogP contribution in [0.15, 0.2) is 12.3 Å². The number of anilines is 1. The van der Waals surface area contributed by atoms with Crippen LogP contribution >= 0.6 is 0 Å². The first-order chi connectivity index (χ1) is 8.89. The van der Waals surface area contributed by atoms with Gasteiger partial charge in [0.1, 0.15) is 0 Å². The third-order valence-corrected chi connectivity index (χ3v) is 3.68. The molecule has 2 N–H and O–H groups in total. The molecule has 0 spiro atoms. The molecule has 2 heterocycles. The Morgan fingerprint density at radius 2 is 2.32 bits per heavy atom. The Morgan fingerprint density at radius 1 is 1.58 bits per heavy atom. The first-order valence-electron chi connectivity index (χ1n) is 5.57. The van der Waals surface area contributed by atoms with Crippen LogP contribution in [-0.4, -0.2) is 43.7 Å². The van der Waals surface area contributed by atoms with E-state index in [0.717, 1.165) is 0 Å². The van der Waals surface area contributed by atoms with Gasteiger partial charge in [-0.2, -0.15) is 4.98 Å². The zero-order valence-corrected chi connectivity index (χ0v) is 11.1. The molecule has 2 rings (SSSR count). The highest BCUT2D eigenvalue weighted by atomic mass is 32.2. The zero-order chi connectivity index (χ0) is 14.0. The molecule has 0 saturated carbocycles. The van der Waals surface area contributed by atoms with Gasteiger partial charge in [0.25, 0.3) is 0 Å². The van der Waals surface area contributed by atoms with Gasteiger partial charge in [0.05, 0.1) is 12.9 Å². The van der Waals surface area contributed by atoms with Crippen molar-refractivity contribution in [2.45, 2.75) is 6.42 Å². The Morgan fingerprint density at radius 3 is 2.95 bits per heavy atom. The van der Waals surface area contributed by atoms with Crippen molar-refractivity contribution < 1.29 is 17.9 Å². The minimum absolute atomic E-state index is 0.122. The molecule has 1 aromatic heterocycles. The molecule has 1 saturated heterocycles. The third kappa shape index (κ3) is 3.38. The molecule has 0 aromatic carbocycles. The number of rotatable bonds is 4. The number of nitrogens with zero attached hydrogens (tertiary/aromatic N) is 3. The molecule has 1 unspecified atom stereocenters. The molecule has 1 atom stereocenters. The van der Waals surface area contributed by atoms with Crippen LogP contribution in [-0.2, 0) is 14.8 Å². The van der Waals surface area contributed by atoms with E-state index in [9.17, 15) is 13.2 Å². The highest BCUT2D eigenvalue weighted by molar-refractivity contribution is 7.89. The molecule has 0 radical (unpaired) electrons. The summed E-state index contributed by atoms with van der Waals surface area (Å²) in [5.41, 5.74) is 0. The molecule has 1 aromatic rings. The van der Waals surface area contributed by atoms with Crippen LogP contribution in [0.5, 0.6) is 5.88 Å². The Hall–Kier alpha value is -1.74. The summed E-state index contributed by atoms with van der Waals surface area (Å²) in [6, 6.07) is 1.56. The zero-order valence-electron chi connectivity index (χ0n) is 10.3. The highest BCUT2D eigenvalue weighted by Gasteiger charge is 2.34. The number of carbonyl (C=O) groups is 1. The van der Waals surface area contributed by atoms with Gasteiger partial charge in [0.2, 0.25) is 27.8 Å². The normalized spacial score (nSPS) is 19.8. The summed E-state index contributed by atoms with van der Waals surface area (Å²) < 4.78 is 27.0. The molecular formula is C10H14N4O4S. The van der Waals surface area contributed by atoms with Gasteiger partial charge in [-0.25, -0.2) is 18.5 Å². The maximum Gasteiger partial charge on any atom is 0.235 e. The summed E-state index contributed by atoms with van der Waals surface area (Å²) in [7, 11) is -2.13. The van der Waals surface area contributed by atoms with Crippen LogP contribution in [0.25, 0.3) is 0 Å². The topological polar surface area (TPSA) is 115 Å². The fraction of sp³-hybridized carbons (Fsp3) is 0.500. The van der Waals surface area contributed by atoms with E-state index in [1.807, 2.05) is 0 Å². The molecule has 1 aliphatic heterocycles. The van der Waals surface area contributed by atoms with Crippen LogP contribution in [0, 0.1) is 5.92 Å². The van der Waals surface area contributed by atoms with Crippen LogP contribution in [0.1, 0.15) is 6.42 Å². The van der Waals surface area contributed by atoms with E-state index in [-0.39, 0.29) is 36.5 Å². The second kappa shape index (κ2) is 5.10. The van der Waals surface area contributed by atoms with E-state index in [1.54, 1.807) is 6.07 Å². The highest BCUT2D eigenvalue weighted by Crippen LogP contribution is 2.23. The molecule has 0 aliphatic carbocycles. The lowest BCUT2D eigenvalue weighted by atomic mass is 10.1. The van der Waals surface area contributed by atoms with E-state index in [4.69, 9.17) is 9.88 Å². The number of methoxy groups -OCH3 is 1. The van der Waals surface area contributed by atoms with E-state index in [1.165, 1.54) is 18.2 Å². The number of amides is 1. The number of primary sulfonamides is 1. The van der Waals surface area contributed by atoms with Crippen molar-refractivity contribution in [2.24, 2.45) is 11.1 Å². The van der Waals surface area contributed by atoms with Gasteiger partial charge in [0, 0.05) is 31.1 Å².